The molecule has 1 heterocycles. The van der Waals surface area contributed by atoms with Crippen molar-refractivity contribution in [3.05, 3.63) is 75.3 Å². The molecule has 0 spiro atoms. The van der Waals surface area contributed by atoms with E-state index in [1.165, 1.54) is 18.2 Å². The van der Waals surface area contributed by atoms with Gasteiger partial charge in [0, 0.05) is 0 Å². The number of aromatic nitrogens is 2. The van der Waals surface area contributed by atoms with Gasteiger partial charge >= 0.3 is 5.97 Å². The molecule has 6 heteroatoms. The quantitative estimate of drug-likeness (QED) is 0.762. The molecular weight excluding hydrogens is 328 g/mol. The van der Waals surface area contributed by atoms with Crippen LogP contribution in [0.3, 0.4) is 0 Å². The third-order valence-electron chi connectivity index (χ3n) is 3.52. The van der Waals surface area contributed by atoms with E-state index in [9.17, 15) is 9.59 Å². The van der Waals surface area contributed by atoms with Crippen molar-refractivity contribution in [3.8, 4) is 0 Å². The van der Waals surface area contributed by atoms with E-state index in [2.05, 4.69) is 9.97 Å². The number of fused-ring (bicyclic) bond motifs is 1. The number of benzene rings is 2. The molecule has 0 saturated carbocycles. The molecule has 0 radical (unpaired) electrons. The van der Waals surface area contributed by atoms with E-state index in [1.807, 2.05) is 31.2 Å². The highest BCUT2D eigenvalue weighted by atomic mass is 35.5. The van der Waals surface area contributed by atoms with Crippen LogP contribution in [0, 0.1) is 6.92 Å². The average molecular weight is 341 g/mol. The lowest BCUT2D eigenvalue weighted by Crippen LogP contribution is -2.11. The van der Waals surface area contributed by atoms with Crippen LogP contribution < -0.4 is 5.56 Å². The summed E-state index contributed by atoms with van der Waals surface area (Å²) in [6, 6.07) is 11.9. The van der Waals surface area contributed by atoms with E-state index in [0.29, 0.717) is 5.39 Å². The molecule has 0 atom stereocenters. The molecule has 0 bridgehead atoms. The van der Waals surface area contributed by atoms with Gasteiger partial charge in [-0.2, -0.15) is 0 Å². The minimum atomic E-state index is -1.08. The second-order valence-electron chi connectivity index (χ2n) is 5.36. The predicted molar refractivity (Wildman–Crippen MR) is 94.2 cm³/mol. The fourth-order valence-corrected chi connectivity index (χ4v) is 2.58. The molecular formula is C18H13ClN2O3. The molecule has 0 aliphatic carbocycles. The highest BCUT2D eigenvalue weighted by molar-refractivity contribution is 6.50. The maximum Gasteiger partial charge on any atom is 0.335 e. The van der Waals surface area contributed by atoms with E-state index in [1.54, 1.807) is 6.08 Å². The predicted octanol–water partition coefficient (Wildman–Crippen LogP) is 3.67. The molecule has 1 aromatic heterocycles. The number of aromatic carboxylic acids is 1. The third-order valence-corrected chi connectivity index (χ3v) is 3.80. The smallest absolute Gasteiger partial charge is 0.335 e. The summed E-state index contributed by atoms with van der Waals surface area (Å²) in [5.74, 6) is -0.889. The zero-order valence-corrected chi connectivity index (χ0v) is 13.5. The Morgan fingerprint density at radius 3 is 2.75 bits per heavy atom. The van der Waals surface area contributed by atoms with Crippen molar-refractivity contribution < 1.29 is 9.90 Å². The summed E-state index contributed by atoms with van der Waals surface area (Å²) in [7, 11) is 0. The number of hydrogen-bond donors (Lipinski definition) is 2. The lowest BCUT2D eigenvalue weighted by Gasteiger charge is -2.04. The number of nitrogens with zero attached hydrogens (tertiary/aromatic N) is 1. The van der Waals surface area contributed by atoms with Crippen LogP contribution >= 0.6 is 11.6 Å². The Kier molecular flexibility index (Phi) is 4.18. The number of H-pyrrole nitrogens is 1. The minimum Gasteiger partial charge on any atom is -0.478 e. The Hall–Kier alpha value is -2.92. The van der Waals surface area contributed by atoms with Crippen molar-refractivity contribution in [1.29, 1.82) is 0 Å². The van der Waals surface area contributed by atoms with Crippen LogP contribution in [0.25, 0.3) is 22.0 Å². The molecule has 120 valence electrons. The molecule has 0 aliphatic rings. The Morgan fingerprint density at radius 1 is 1.25 bits per heavy atom. The number of carboxylic acids is 1. The second-order valence-corrected chi connectivity index (χ2v) is 5.77. The van der Waals surface area contributed by atoms with Crippen molar-refractivity contribution in [2.24, 2.45) is 0 Å². The second kappa shape index (κ2) is 6.29. The first kappa shape index (κ1) is 16.0. The molecule has 5 nitrogen and oxygen atoms in total. The van der Waals surface area contributed by atoms with E-state index < -0.39 is 5.97 Å². The van der Waals surface area contributed by atoms with Crippen LogP contribution in [0.4, 0.5) is 0 Å². The molecule has 2 aromatic carbocycles. The maximum atomic E-state index is 12.2. The molecule has 2 N–H and O–H groups in total. The standard InChI is InChI=1S/C18H13ClN2O3/c1-10-3-2-4-11(7-10)8-14(19)16-20-15-9-12(18(23)24)5-6-13(15)17(22)21-16/h2-9H,1H3,(H,23,24)(H,20,21,22)/b14-8-. The number of carboxylic acid groups (broad SMARTS) is 1. The number of carbonyl (C=O) groups is 1. The van der Waals surface area contributed by atoms with Gasteiger partial charge in [-0.3, -0.25) is 4.79 Å². The molecule has 0 aliphatic heterocycles. The van der Waals surface area contributed by atoms with Gasteiger partial charge < -0.3 is 10.1 Å². The van der Waals surface area contributed by atoms with Gasteiger partial charge in [0.15, 0.2) is 5.82 Å². The fraction of sp³-hybridized carbons (Fsp3) is 0.0556. The van der Waals surface area contributed by atoms with Crippen LogP contribution in [-0.2, 0) is 0 Å². The molecule has 3 rings (SSSR count). The van der Waals surface area contributed by atoms with Gasteiger partial charge in [0.05, 0.1) is 21.5 Å². The van der Waals surface area contributed by atoms with Crippen LogP contribution in [0.2, 0.25) is 0 Å². The van der Waals surface area contributed by atoms with Gasteiger partial charge in [0.25, 0.3) is 5.56 Å². The topological polar surface area (TPSA) is 83.0 Å². The van der Waals surface area contributed by atoms with E-state index >= 15 is 0 Å². The van der Waals surface area contributed by atoms with Crippen LogP contribution in [-0.4, -0.2) is 21.0 Å². The zero-order valence-electron chi connectivity index (χ0n) is 12.7. The normalized spacial score (nSPS) is 11.7. The van der Waals surface area contributed by atoms with Crippen molar-refractivity contribution in [3.63, 3.8) is 0 Å². The van der Waals surface area contributed by atoms with Crippen molar-refractivity contribution in [2.75, 3.05) is 0 Å². The van der Waals surface area contributed by atoms with Gasteiger partial charge in [0.1, 0.15) is 0 Å². The van der Waals surface area contributed by atoms with Crippen LogP contribution in [0.1, 0.15) is 27.3 Å². The SMILES string of the molecule is Cc1cccc(/C=C(\Cl)c2nc3cc(C(=O)O)ccc3c(=O)[nH]2)c1. The average Bonchev–Trinajstić information content (AvgIpc) is 2.54. The Balaban J connectivity index is 2.12. The lowest BCUT2D eigenvalue weighted by molar-refractivity contribution is 0.0697. The number of rotatable bonds is 3. The summed E-state index contributed by atoms with van der Waals surface area (Å²) in [6.07, 6.45) is 1.69. The summed E-state index contributed by atoms with van der Waals surface area (Å²) < 4.78 is 0. The number of hydrogen-bond acceptors (Lipinski definition) is 3. The zero-order chi connectivity index (χ0) is 17.3. The van der Waals surface area contributed by atoms with E-state index in [-0.39, 0.29) is 27.5 Å². The minimum absolute atomic E-state index is 0.0605. The number of aryl methyl sites for hydroxylation is 1. The van der Waals surface area contributed by atoms with Gasteiger partial charge in [-0.1, -0.05) is 41.4 Å². The maximum absolute atomic E-state index is 12.2. The van der Waals surface area contributed by atoms with Gasteiger partial charge in [0.2, 0.25) is 0 Å². The van der Waals surface area contributed by atoms with E-state index in [0.717, 1.165) is 11.1 Å². The van der Waals surface area contributed by atoms with Gasteiger partial charge in [-0.05, 0) is 36.8 Å². The molecule has 24 heavy (non-hydrogen) atoms. The van der Waals surface area contributed by atoms with Crippen molar-refractivity contribution in [2.45, 2.75) is 6.92 Å². The molecule has 0 amide bonds. The summed E-state index contributed by atoms with van der Waals surface area (Å²) in [6.45, 7) is 1.97. The fourth-order valence-electron chi connectivity index (χ4n) is 2.36. The van der Waals surface area contributed by atoms with Crippen molar-refractivity contribution >= 4 is 39.6 Å². The Morgan fingerprint density at radius 2 is 2.04 bits per heavy atom. The number of halogens is 1. The molecule has 0 fully saturated rings. The lowest BCUT2D eigenvalue weighted by atomic mass is 10.1. The highest BCUT2D eigenvalue weighted by Crippen LogP contribution is 2.20. The van der Waals surface area contributed by atoms with Crippen molar-refractivity contribution in [1.82, 2.24) is 9.97 Å². The highest BCUT2D eigenvalue weighted by Gasteiger charge is 2.10. The van der Waals surface area contributed by atoms with Gasteiger partial charge in [-0.15, -0.1) is 0 Å². The summed E-state index contributed by atoms with van der Waals surface area (Å²) in [5.41, 5.74) is 1.93. The first-order valence-corrected chi connectivity index (χ1v) is 7.53. The van der Waals surface area contributed by atoms with Gasteiger partial charge in [-0.25, -0.2) is 9.78 Å². The third kappa shape index (κ3) is 3.21. The van der Waals surface area contributed by atoms with Crippen LogP contribution in [0.15, 0.2) is 47.3 Å². The van der Waals surface area contributed by atoms with E-state index in [4.69, 9.17) is 16.7 Å². The first-order valence-electron chi connectivity index (χ1n) is 7.15. The first-order chi connectivity index (χ1) is 11.4. The molecule has 0 unspecified atom stereocenters. The molecule has 0 saturated heterocycles. The summed E-state index contributed by atoms with van der Waals surface area (Å²) >= 11 is 6.28. The van der Waals surface area contributed by atoms with Crippen LogP contribution in [0.5, 0.6) is 0 Å². The summed E-state index contributed by atoms with van der Waals surface area (Å²) in [5, 5.41) is 9.63. The largest absolute Gasteiger partial charge is 0.478 e. The monoisotopic (exact) mass is 340 g/mol. The number of aromatic amines is 1. The Labute approximate surface area is 142 Å². The summed E-state index contributed by atoms with van der Waals surface area (Å²) in [4.78, 5) is 30.1. The number of nitrogens with one attached hydrogen (secondary N) is 1. The Bertz CT molecular complexity index is 1040. The molecule has 3 aromatic rings.